The Labute approximate surface area is 135 Å². The average molecular weight is 318 g/mol. The van der Waals surface area contributed by atoms with Crippen molar-refractivity contribution < 1.29 is 9.72 Å². The lowest BCUT2D eigenvalue weighted by Gasteiger charge is -2.36. The highest BCUT2D eigenvalue weighted by atomic mass is 16.6. The molecule has 2 saturated heterocycles. The molecule has 2 fully saturated rings. The molecule has 0 radical (unpaired) electrons. The van der Waals surface area contributed by atoms with Gasteiger partial charge in [0.25, 0.3) is 5.69 Å². The van der Waals surface area contributed by atoms with Crippen LogP contribution in [0.4, 0.5) is 11.4 Å². The standard InChI is InChI=1S/C16H22N4O3/c21-16(11-13-5-6-17-12-13)19-9-7-18(8-10-19)14-3-1-2-4-15(14)20(22)23/h1-4,13,17H,5-12H2. The summed E-state index contributed by atoms with van der Waals surface area (Å²) in [7, 11) is 0. The van der Waals surface area contributed by atoms with Crippen LogP contribution in [0, 0.1) is 16.0 Å². The van der Waals surface area contributed by atoms with Crippen LogP contribution < -0.4 is 10.2 Å². The zero-order valence-electron chi connectivity index (χ0n) is 13.1. The number of para-hydroxylation sites is 2. The first kappa shape index (κ1) is 15.7. The van der Waals surface area contributed by atoms with E-state index in [0.717, 1.165) is 19.5 Å². The fourth-order valence-electron chi connectivity index (χ4n) is 3.35. The number of nitrogens with one attached hydrogen (secondary N) is 1. The van der Waals surface area contributed by atoms with Gasteiger partial charge in [-0.25, -0.2) is 0 Å². The van der Waals surface area contributed by atoms with Crippen LogP contribution in [-0.2, 0) is 4.79 Å². The minimum atomic E-state index is -0.347. The van der Waals surface area contributed by atoms with Crippen LogP contribution in [0.2, 0.25) is 0 Å². The molecule has 2 heterocycles. The van der Waals surface area contributed by atoms with E-state index in [1.54, 1.807) is 12.1 Å². The highest BCUT2D eigenvalue weighted by Crippen LogP contribution is 2.28. The molecule has 3 rings (SSSR count). The number of carbonyl (C=O) groups is 1. The average Bonchev–Trinajstić information content (AvgIpc) is 3.08. The number of rotatable bonds is 4. The number of nitro groups is 1. The minimum Gasteiger partial charge on any atom is -0.362 e. The first-order valence-corrected chi connectivity index (χ1v) is 8.12. The molecule has 1 atom stereocenters. The molecule has 7 nitrogen and oxygen atoms in total. The molecular formula is C16H22N4O3. The van der Waals surface area contributed by atoms with Gasteiger partial charge in [-0.2, -0.15) is 0 Å². The molecule has 1 N–H and O–H groups in total. The summed E-state index contributed by atoms with van der Waals surface area (Å²) in [6.45, 7) is 4.47. The van der Waals surface area contributed by atoms with Crippen molar-refractivity contribution in [1.82, 2.24) is 10.2 Å². The quantitative estimate of drug-likeness (QED) is 0.667. The number of nitrogens with zero attached hydrogens (tertiary/aromatic N) is 3. The van der Waals surface area contributed by atoms with Crippen LogP contribution in [0.15, 0.2) is 24.3 Å². The first-order valence-electron chi connectivity index (χ1n) is 8.12. The highest BCUT2D eigenvalue weighted by molar-refractivity contribution is 5.77. The Balaban J connectivity index is 1.58. The van der Waals surface area contributed by atoms with Gasteiger partial charge in [0.05, 0.1) is 4.92 Å². The fourth-order valence-corrected chi connectivity index (χ4v) is 3.35. The van der Waals surface area contributed by atoms with Crippen molar-refractivity contribution in [3.05, 3.63) is 34.4 Å². The van der Waals surface area contributed by atoms with Gasteiger partial charge in [-0.05, 0) is 31.5 Å². The molecule has 2 aliphatic rings. The van der Waals surface area contributed by atoms with Crippen molar-refractivity contribution in [2.24, 2.45) is 5.92 Å². The van der Waals surface area contributed by atoms with Crippen LogP contribution in [-0.4, -0.2) is 55.0 Å². The van der Waals surface area contributed by atoms with Crippen molar-refractivity contribution in [3.63, 3.8) is 0 Å². The van der Waals surface area contributed by atoms with E-state index < -0.39 is 0 Å². The number of hydrogen-bond donors (Lipinski definition) is 1. The SMILES string of the molecule is O=C(CC1CCNC1)N1CCN(c2ccccc2[N+](=O)[O-])CC1. The fraction of sp³-hybridized carbons (Fsp3) is 0.562. The minimum absolute atomic E-state index is 0.129. The number of anilines is 1. The Hall–Kier alpha value is -2.15. The van der Waals surface area contributed by atoms with Crippen molar-refractivity contribution in [1.29, 1.82) is 0 Å². The summed E-state index contributed by atoms with van der Waals surface area (Å²) in [5.41, 5.74) is 0.772. The molecule has 7 heteroatoms. The van der Waals surface area contributed by atoms with Gasteiger partial charge in [0.2, 0.25) is 5.91 Å². The topological polar surface area (TPSA) is 78.7 Å². The van der Waals surface area contributed by atoms with E-state index in [1.807, 2.05) is 15.9 Å². The van der Waals surface area contributed by atoms with E-state index in [4.69, 9.17) is 0 Å². The van der Waals surface area contributed by atoms with Crippen LogP contribution in [0.25, 0.3) is 0 Å². The Morgan fingerprint density at radius 2 is 2.00 bits per heavy atom. The van der Waals surface area contributed by atoms with Gasteiger partial charge in [0, 0.05) is 38.7 Å². The van der Waals surface area contributed by atoms with Gasteiger partial charge < -0.3 is 15.1 Å². The monoisotopic (exact) mass is 318 g/mol. The molecular weight excluding hydrogens is 296 g/mol. The Bertz CT molecular complexity index is 578. The molecule has 0 aromatic heterocycles. The largest absolute Gasteiger partial charge is 0.362 e. The van der Waals surface area contributed by atoms with Gasteiger partial charge in [0.15, 0.2) is 0 Å². The van der Waals surface area contributed by atoms with E-state index in [2.05, 4.69) is 5.32 Å². The van der Waals surface area contributed by atoms with Crippen LogP contribution >= 0.6 is 0 Å². The molecule has 1 amide bonds. The molecule has 2 aliphatic heterocycles. The van der Waals surface area contributed by atoms with E-state index >= 15 is 0 Å². The maximum Gasteiger partial charge on any atom is 0.292 e. The smallest absolute Gasteiger partial charge is 0.292 e. The van der Waals surface area contributed by atoms with Crippen molar-refractivity contribution in [2.45, 2.75) is 12.8 Å². The van der Waals surface area contributed by atoms with Gasteiger partial charge >= 0.3 is 0 Å². The lowest BCUT2D eigenvalue weighted by Crippen LogP contribution is -2.49. The van der Waals surface area contributed by atoms with Crippen LogP contribution in [0.3, 0.4) is 0 Å². The third kappa shape index (κ3) is 3.61. The molecule has 0 aliphatic carbocycles. The Morgan fingerprint density at radius 1 is 1.26 bits per heavy atom. The number of piperazine rings is 1. The first-order chi connectivity index (χ1) is 11.1. The lowest BCUT2D eigenvalue weighted by atomic mass is 10.0. The molecule has 1 aromatic rings. The van der Waals surface area contributed by atoms with Crippen molar-refractivity contribution in [2.75, 3.05) is 44.2 Å². The summed E-state index contributed by atoms with van der Waals surface area (Å²) in [4.78, 5) is 27.0. The summed E-state index contributed by atoms with van der Waals surface area (Å²) in [6, 6.07) is 6.80. The summed E-state index contributed by atoms with van der Waals surface area (Å²) >= 11 is 0. The third-order valence-electron chi connectivity index (χ3n) is 4.68. The van der Waals surface area contributed by atoms with Crippen molar-refractivity contribution in [3.8, 4) is 0 Å². The number of amides is 1. The predicted molar refractivity (Wildman–Crippen MR) is 87.5 cm³/mol. The number of nitro benzene ring substituents is 1. The molecule has 124 valence electrons. The summed E-state index contributed by atoms with van der Waals surface area (Å²) in [5, 5.41) is 14.4. The Morgan fingerprint density at radius 3 is 2.65 bits per heavy atom. The van der Waals surface area contributed by atoms with Crippen LogP contribution in [0.5, 0.6) is 0 Å². The maximum absolute atomic E-state index is 12.3. The van der Waals surface area contributed by atoms with E-state index in [9.17, 15) is 14.9 Å². The second-order valence-corrected chi connectivity index (χ2v) is 6.18. The third-order valence-corrected chi connectivity index (χ3v) is 4.68. The molecule has 0 bridgehead atoms. The van der Waals surface area contributed by atoms with E-state index in [0.29, 0.717) is 44.2 Å². The maximum atomic E-state index is 12.3. The van der Waals surface area contributed by atoms with Gasteiger partial charge in [-0.1, -0.05) is 12.1 Å². The normalized spacial score (nSPS) is 21.5. The zero-order valence-corrected chi connectivity index (χ0v) is 13.1. The lowest BCUT2D eigenvalue weighted by molar-refractivity contribution is -0.384. The zero-order chi connectivity index (χ0) is 16.2. The highest BCUT2D eigenvalue weighted by Gasteiger charge is 2.27. The predicted octanol–water partition coefficient (Wildman–Crippen LogP) is 1.24. The summed E-state index contributed by atoms with van der Waals surface area (Å²) in [6.07, 6.45) is 1.68. The van der Waals surface area contributed by atoms with Gasteiger partial charge in [-0.3, -0.25) is 14.9 Å². The molecule has 1 unspecified atom stereocenters. The molecule has 0 spiro atoms. The second kappa shape index (κ2) is 6.95. The molecule has 23 heavy (non-hydrogen) atoms. The van der Waals surface area contributed by atoms with Crippen LogP contribution in [0.1, 0.15) is 12.8 Å². The number of carbonyl (C=O) groups excluding carboxylic acids is 1. The van der Waals surface area contributed by atoms with Gasteiger partial charge in [-0.15, -0.1) is 0 Å². The van der Waals surface area contributed by atoms with Gasteiger partial charge in [0.1, 0.15) is 5.69 Å². The van der Waals surface area contributed by atoms with E-state index in [1.165, 1.54) is 6.07 Å². The van der Waals surface area contributed by atoms with E-state index in [-0.39, 0.29) is 16.5 Å². The number of benzene rings is 1. The second-order valence-electron chi connectivity index (χ2n) is 6.18. The summed E-state index contributed by atoms with van der Waals surface area (Å²) < 4.78 is 0. The molecule has 1 aromatic carbocycles. The summed E-state index contributed by atoms with van der Waals surface area (Å²) in [5.74, 6) is 0.664. The Kier molecular flexibility index (Phi) is 4.76. The number of hydrogen-bond acceptors (Lipinski definition) is 5. The van der Waals surface area contributed by atoms with Crippen molar-refractivity contribution >= 4 is 17.3 Å². The molecule has 0 saturated carbocycles.